The van der Waals surface area contributed by atoms with Crippen LogP contribution in [0.3, 0.4) is 0 Å². The van der Waals surface area contributed by atoms with Gasteiger partial charge < -0.3 is 14.8 Å². The molecule has 1 aliphatic rings. The number of ether oxygens (including phenoxy) is 2. The lowest BCUT2D eigenvalue weighted by atomic mass is 10.2. The lowest BCUT2D eigenvalue weighted by Gasteiger charge is -2.18. The Kier molecular flexibility index (Phi) is 4.40. The fourth-order valence-electron chi connectivity index (χ4n) is 2.47. The van der Waals surface area contributed by atoms with Crippen molar-refractivity contribution in [2.75, 3.05) is 18.5 Å². The van der Waals surface area contributed by atoms with E-state index < -0.39 is 0 Å². The van der Waals surface area contributed by atoms with Crippen LogP contribution in [0.15, 0.2) is 42.5 Å². The predicted octanol–water partition coefficient (Wildman–Crippen LogP) is 2.40. The smallest absolute Gasteiger partial charge is 0.248 e. The van der Waals surface area contributed by atoms with E-state index in [1.807, 2.05) is 0 Å². The Labute approximate surface area is 153 Å². The molecule has 1 aliphatic heterocycles. The van der Waals surface area contributed by atoms with Crippen LogP contribution < -0.4 is 14.8 Å². The molecule has 8 nitrogen and oxygen atoms in total. The highest BCUT2D eigenvalue weighted by atomic mass is 35.5. The molecule has 0 saturated heterocycles. The van der Waals surface area contributed by atoms with Crippen LogP contribution in [0.25, 0.3) is 11.4 Å². The molecular formula is C17H14ClN5O3. The minimum Gasteiger partial charge on any atom is -0.486 e. The summed E-state index contributed by atoms with van der Waals surface area (Å²) in [6.45, 7) is 0.947. The first kappa shape index (κ1) is 16.3. The zero-order valence-electron chi connectivity index (χ0n) is 13.6. The van der Waals surface area contributed by atoms with E-state index in [-0.39, 0.29) is 12.5 Å². The van der Waals surface area contributed by atoms with Crippen molar-refractivity contribution < 1.29 is 14.3 Å². The van der Waals surface area contributed by atoms with Gasteiger partial charge >= 0.3 is 0 Å². The average molecular weight is 372 g/mol. The number of halogens is 1. The molecule has 2 aromatic carbocycles. The molecule has 0 radical (unpaired) electrons. The first-order valence-corrected chi connectivity index (χ1v) is 8.28. The second-order valence-electron chi connectivity index (χ2n) is 5.56. The Bertz CT molecular complexity index is 942. The Hall–Kier alpha value is -3.13. The summed E-state index contributed by atoms with van der Waals surface area (Å²) >= 11 is 5.86. The molecule has 0 spiro atoms. The quantitative estimate of drug-likeness (QED) is 0.757. The van der Waals surface area contributed by atoms with Crippen molar-refractivity contribution in [2.45, 2.75) is 6.54 Å². The molecule has 0 bridgehead atoms. The third-order valence-corrected chi connectivity index (χ3v) is 3.92. The van der Waals surface area contributed by atoms with Gasteiger partial charge in [0.1, 0.15) is 19.8 Å². The molecular weight excluding hydrogens is 358 g/mol. The number of hydrogen-bond donors (Lipinski definition) is 1. The molecule has 1 aromatic heterocycles. The zero-order chi connectivity index (χ0) is 17.9. The van der Waals surface area contributed by atoms with Crippen molar-refractivity contribution >= 4 is 23.2 Å². The van der Waals surface area contributed by atoms with Crippen LogP contribution in [0.1, 0.15) is 0 Å². The standard InChI is InChI=1S/C17H14ClN5O3/c18-12-3-1-11(2-4-12)17-20-22-23(21-17)10-16(24)19-13-5-6-14-15(9-13)26-8-7-25-14/h1-6,9H,7-8,10H2,(H,19,24). The third-order valence-electron chi connectivity index (χ3n) is 3.67. The van der Waals surface area contributed by atoms with Gasteiger partial charge in [-0.05, 0) is 41.6 Å². The third kappa shape index (κ3) is 3.60. The molecule has 0 aliphatic carbocycles. The SMILES string of the molecule is O=C(Cn1nnc(-c2ccc(Cl)cc2)n1)Nc1ccc2c(c1)OCCO2. The summed E-state index contributed by atoms with van der Waals surface area (Å²) in [6, 6.07) is 12.3. The Morgan fingerprint density at radius 2 is 1.88 bits per heavy atom. The van der Waals surface area contributed by atoms with Gasteiger partial charge in [-0.15, -0.1) is 10.2 Å². The number of hydrogen-bond acceptors (Lipinski definition) is 6. The highest BCUT2D eigenvalue weighted by Gasteiger charge is 2.14. The lowest BCUT2D eigenvalue weighted by Crippen LogP contribution is -2.21. The maximum atomic E-state index is 12.2. The molecule has 132 valence electrons. The first-order valence-electron chi connectivity index (χ1n) is 7.91. The molecule has 3 aromatic rings. The molecule has 26 heavy (non-hydrogen) atoms. The Morgan fingerprint density at radius 3 is 2.69 bits per heavy atom. The van der Waals surface area contributed by atoms with Gasteiger partial charge in [0.05, 0.1) is 0 Å². The minimum absolute atomic E-state index is 0.0605. The summed E-state index contributed by atoms with van der Waals surface area (Å²) in [4.78, 5) is 13.4. The number of carbonyl (C=O) groups is 1. The second kappa shape index (κ2) is 7.01. The van der Waals surface area contributed by atoms with Crippen LogP contribution in [0.2, 0.25) is 5.02 Å². The number of aromatic nitrogens is 4. The van der Waals surface area contributed by atoms with Crippen LogP contribution in [0, 0.1) is 0 Å². The highest BCUT2D eigenvalue weighted by molar-refractivity contribution is 6.30. The van der Waals surface area contributed by atoms with Gasteiger partial charge in [0.15, 0.2) is 11.5 Å². The number of fused-ring (bicyclic) bond motifs is 1. The normalized spacial score (nSPS) is 12.7. The Morgan fingerprint density at radius 1 is 1.12 bits per heavy atom. The monoisotopic (exact) mass is 371 g/mol. The van der Waals surface area contributed by atoms with Crippen molar-refractivity contribution in [3.05, 3.63) is 47.5 Å². The van der Waals surface area contributed by atoms with Gasteiger partial charge in [-0.1, -0.05) is 11.6 Å². The van der Waals surface area contributed by atoms with Crippen molar-refractivity contribution in [3.8, 4) is 22.9 Å². The number of rotatable bonds is 4. The number of carbonyl (C=O) groups excluding carboxylic acids is 1. The van der Waals surface area contributed by atoms with Gasteiger partial charge in [0.25, 0.3) is 0 Å². The summed E-state index contributed by atoms with van der Waals surface area (Å²) in [5.41, 5.74) is 1.38. The number of anilines is 1. The van der Waals surface area contributed by atoms with Crippen molar-refractivity contribution in [1.29, 1.82) is 0 Å². The Balaban J connectivity index is 1.41. The number of benzene rings is 2. The second-order valence-corrected chi connectivity index (χ2v) is 5.99. The average Bonchev–Trinajstić information content (AvgIpc) is 3.10. The van der Waals surface area contributed by atoms with E-state index in [4.69, 9.17) is 21.1 Å². The summed E-state index contributed by atoms with van der Waals surface area (Å²) in [5.74, 6) is 1.42. The molecule has 4 rings (SSSR count). The molecule has 2 heterocycles. The number of nitrogens with zero attached hydrogens (tertiary/aromatic N) is 4. The predicted molar refractivity (Wildman–Crippen MR) is 94.3 cm³/mol. The summed E-state index contributed by atoms with van der Waals surface area (Å²) in [7, 11) is 0. The largest absolute Gasteiger partial charge is 0.486 e. The van der Waals surface area contributed by atoms with Crippen molar-refractivity contribution in [1.82, 2.24) is 20.2 Å². The number of amides is 1. The maximum Gasteiger partial charge on any atom is 0.248 e. The number of nitrogens with one attached hydrogen (secondary N) is 1. The van der Waals surface area contributed by atoms with Gasteiger partial charge in [-0.25, -0.2) is 0 Å². The van der Waals surface area contributed by atoms with Gasteiger partial charge in [-0.3, -0.25) is 4.79 Å². The summed E-state index contributed by atoms with van der Waals surface area (Å²) < 4.78 is 11.0. The maximum absolute atomic E-state index is 12.2. The van der Waals surface area contributed by atoms with Crippen LogP contribution in [0.4, 0.5) is 5.69 Å². The van der Waals surface area contributed by atoms with E-state index in [2.05, 4.69) is 20.7 Å². The van der Waals surface area contributed by atoms with Crippen LogP contribution in [-0.2, 0) is 11.3 Å². The summed E-state index contributed by atoms with van der Waals surface area (Å²) in [5, 5.41) is 15.5. The highest BCUT2D eigenvalue weighted by Crippen LogP contribution is 2.32. The fraction of sp³-hybridized carbons (Fsp3) is 0.176. The molecule has 0 unspecified atom stereocenters. The topological polar surface area (TPSA) is 91.2 Å². The van der Waals surface area contributed by atoms with Crippen molar-refractivity contribution in [3.63, 3.8) is 0 Å². The van der Waals surface area contributed by atoms with E-state index in [0.717, 1.165) is 5.56 Å². The number of tetrazole rings is 1. The van der Waals surface area contributed by atoms with Gasteiger partial charge in [0.2, 0.25) is 11.7 Å². The lowest BCUT2D eigenvalue weighted by molar-refractivity contribution is -0.117. The zero-order valence-corrected chi connectivity index (χ0v) is 14.3. The molecule has 9 heteroatoms. The minimum atomic E-state index is -0.276. The molecule has 0 saturated carbocycles. The van der Waals surface area contributed by atoms with E-state index in [0.29, 0.717) is 41.2 Å². The van der Waals surface area contributed by atoms with Crippen LogP contribution >= 0.6 is 11.6 Å². The van der Waals surface area contributed by atoms with Gasteiger partial charge in [-0.2, -0.15) is 4.80 Å². The van der Waals surface area contributed by atoms with E-state index >= 15 is 0 Å². The van der Waals surface area contributed by atoms with E-state index in [1.165, 1.54) is 4.80 Å². The van der Waals surface area contributed by atoms with Crippen molar-refractivity contribution in [2.24, 2.45) is 0 Å². The van der Waals surface area contributed by atoms with Crippen LogP contribution in [0.5, 0.6) is 11.5 Å². The molecule has 1 amide bonds. The van der Waals surface area contributed by atoms with Gasteiger partial charge in [0, 0.05) is 22.3 Å². The molecule has 1 N–H and O–H groups in total. The fourth-order valence-corrected chi connectivity index (χ4v) is 2.60. The summed E-state index contributed by atoms with van der Waals surface area (Å²) in [6.07, 6.45) is 0. The van der Waals surface area contributed by atoms with E-state index in [9.17, 15) is 4.79 Å². The molecule has 0 fully saturated rings. The van der Waals surface area contributed by atoms with E-state index in [1.54, 1.807) is 42.5 Å². The van der Waals surface area contributed by atoms with Crippen LogP contribution in [-0.4, -0.2) is 39.3 Å². The molecule has 0 atom stereocenters. The first-order chi connectivity index (χ1) is 12.7.